The number of nitrogens with one attached hydrogen (secondary N) is 1. The van der Waals surface area contributed by atoms with Gasteiger partial charge in [-0.1, -0.05) is 12.1 Å². The fourth-order valence-corrected chi connectivity index (χ4v) is 1.89. The summed E-state index contributed by atoms with van der Waals surface area (Å²) in [5.74, 6) is -0.602. The molecule has 0 radical (unpaired) electrons. The lowest BCUT2D eigenvalue weighted by Gasteiger charge is -2.10. The molecule has 2 aromatic rings. The van der Waals surface area contributed by atoms with Crippen molar-refractivity contribution in [1.82, 2.24) is 10.3 Å². The van der Waals surface area contributed by atoms with Gasteiger partial charge in [0.2, 0.25) is 0 Å². The molecule has 0 saturated carbocycles. The van der Waals surface area contributed by atoms with Crippen LogP contribution in [0.1, 0.15) is 21.6 Å². The number of rotatable bonds is 4. The zero-order valence-corrected chi connectivity index (χ0v) is 11.8. The van der Waals surface area contributed by atoms with Gasteiger partial charge in [0, 0.05) is 17.8 Å². The van der Waals surface area contributed by atoms with Gasteiger partial charge in [-0.3, -0.25) is 4.79 Å². The summed E-state index contributed by atoms with van der Waals surface area (Å²) in [6, 6.07) is 8.04. The number of hydrogen-bond donors (Lipinski definition) is 2. The molecule has 2 rings (SSSR count). The van der Waals surface area contributed by atoms with E-state index in [4.69, 9.17) is 10.5 Å². The molecule has 5 nitrogen and oxygen atoms in total. The van der Waals surface area contributed by atoms with E-state index in [1.54, 1.807) is 31.2 Å². The van der Waals surface area contributed by atoms with Crippen molar-refractivity contribution in [3.05, 3.63) is 53.0 Å². The van der Waals surface area contributed by atoms with Gasteiger partial charge in [0.1, 0.15) is 5.82 Å². The smallest absolute Gasteiger partial charge is 0.255 e. The van der Waals surface area contributed by atoms with Gasteiger partial charge in [0.25, 0.3) is 5.91 Å². The molecule has 0 atom stereocenters. The highest BCUT2D eigenvalue weighted by Gasteiger charge is 2.13. The second kappa shape index (κ2) is 6.21. The SMILES string of the molecule is COc1cccc(CNC(=O)c2ccc(C)nc2N)c1F. The van der Waals surface area contributed by atoms with E-state index < -0.39 is 11.7 Å². The number of hydrogen-bond acceptors (Lipinski definition) is 4. The highest BCUT2D eigenvalue weighted by molar-refractivity contribution is 5.98. The maximum atomic E-state index is 13.9. The molecule has 0 bridgehead atoms. The van der Waals surface area contributed by atoms with Crippen molar-refractivity contribution in [2.45, 2.75) is 13.5 Å². The Morgan fingerprint density at radius 1 is 1.38 bits per heavy atom. The second-order valence-electron chi connectivity index (χ2n) is 4.50. The number of nitrogens with zero attached hydrogens (tertiary/aromatic N) is 1. The van der Waals surface area contributed by atoms with Gasteiger partial charge in [0.05, 0.1) is 12.7 Å². The van der Waals surface area contributed by atoms with Crippen molar-refractivity contribution in [3.63, 3.8) is 0 Å². The van der Waals surface area contributed by atoms with Crippen LogP contribution in [0.15, 0.2) is 30.3 Å². The van der Waals surface area contributed by atoms with Gasteiger partial charge in [-0.05, 0) is 25.1 Å². The van der Waals surface area contributed by atoms with E-state index in [-0.39, 0.29) is 23.7 Å². The van der Waals surface area contributed by atoms with Gasteiger partial charge >= 0.3 is 0 Å². The Labute approximate surface area is 121 Å². The Kier molecular flexibility index (Phi) is 4.37. The van der Waals surface area contributed by atoms with Crippen LogP contribution in [0, 0.1) is 12.7 Å². The molecule has 1 heterocycles. The lowest BCUT2D eigenvalue weighted by atomic mass is 10.1. The number of ether oxygens (including phenoxy) is 1. The number of anilines is 1. The highest BCUT2D eigenvalue weighted by Crippen LogP contribution is 2.20. The van der Waals surface area contributed by atoms with Crippen LogP contribution >= 0.6 is 0 Å². The molecule has 6 heteroatoms. The Balaban J connectivity index is 2.11. The minimum absolute atomic E-state index is 0.0369. The zero-order valence-electron chi connectivity index (χ0n) is 11.8. The van der Waals surface area contributed by atoms with E-state index in [9.17, 15) is 9.18 Å². The van der Waals surface area contributed by atoms with Gasteiger partial charge < -0.3 is 15.8 Å². The number of carbonyl (C=O) groups excluding carboxylic acids is 1. The second-order valence-corrected chi connectivity index (χ2v) is 4.50. The quantitative estimate of drug-likeness (QED) is 0.903. The monoisotopic (exact) mass is 289 g/mol. The molecule has 0 fully saturated rings. The number of benzene rings is 1. The van der Waals surface area contributed by atoms with Crippen LogP contribution in [-0.4, -0.2) is 18.0 Å². The van der Waals surface area contributed by atoms with Crippen LogP contribution in [0.5, 0.6) is 5.75 Å². The Bertz CT molecular complexity index is 674. The molecular formula is C15H16FN3O2. The molecule has 0 spiro atoms. The van der Waals surface area contributed by atoms with Crippen molar-refractivity contribution in [2.75, 3.05) is 12.8 Å². The first-order chi connectivity index (χ1) is 10.0. The molecule has 0 aliphatic carbocycles. The molecule has 0 aliphatic rings. The molecule has 21 heavy (non-hydrogen) atoms. The Morgan fingerprint density at radius 2 is 2.14 bits per heavy atom. The molecule has 110 valence electrons. The number of pyridine rings is 1. The van der Waals surface area contributed by atoms with Crippen LogP contribution in [-0.2, 0) is 6.54 Å². The van der Waals surface area contributed by atoms with E-state index in [0.717, 1.165) is 5.69 Å². The number of carbonyl (C=O) groups is 1. The highest BCUT2D eigenvalue weighted by atomic mass is 19.1. The molecule has 1 aromatic heterocycles. The Hall–Kier alpha value is -2.63. The predicted octanol–water partition coefficient (Wildman–Crippen LogP) is 2.05. The summed E-state index contributed by atoms with van der Waals surface area (Å²) in [6.45, 7) is 1.82. The normalized spacial score (nSPS) is 10.2. The van der Waals surface area contributed by atoms with Crippen LogP contribution in [0.25, 0.3) is 0 Å². The van der Waals surface area contributed by atoms with Crippen molar-refractivity contribution in [3.8, 4) is 5.75 Å². The van der Waals surface area contributed by atoms with Gasteiger partial charge in [-0.2, -0.15) is 0 Å². The third kappa shape index (κ3) is 3.28. The van der Waals surface area contributed by atoms with E-state index in [2.05, 4.69) is 10.3 Å². The molecule has 0 unspecified atom stereocenters. The van der Waals surface area contributed by atoms with E-state index >= 15 is 0 Å². The first-order valence-corrected chi connectivity index (χ1v) is 6.35. The maximum absolute atomic E-state index is 13.9. The van der Waals surface area contributed by atoms with Crippen LogP contribution in [0.2, 0.25) is 0 Å². The van der Waals surface area contributed by atoms with Gasteiger partial charge in [0.15, 0.2) is 11.6 Å². The minimum atomic E-state index is -0.490. The topological polar surface area (TPSA) is 77.2 Å². The first kappa shape index (κ1) is 14.8. The molecule has 0 saturated heterocycles. The fourth-order valence-electron chi connectivity index (χ4n) is 1.89. The lowest BCUT2D eigenvalue weighted by Crippen LogP contribution is -2.24. The number of amides is 1. The number of halogens is 1. The van der Waals surface area contributed by atoms with Crippen LogP contribution in [0.3, 0.4) is 0 Å². The standard InChI is InChI=1S/C15H16FN3O2/c1-9-6-7-11(14(17)19-9)15(20)18-8-10-4-3-5-12(21-2)13(10)16/h3-7H,8H2,1-2H3,(H2,17,19)(H,18,20). The third-order valence-corrected chi connectivity index (χ3v) is 3.01. The lowest BCUT2D eigenvalue weighted by molar-refractivity contribution is 0.0951. The van der Waals surface area contributed by atoms with Gasteiger partial charge in [-0.25, -0.2) is 9.37 Å². The summed E-state index contributed by atoms with van der Waals surface area (Å²) in [5, 5.41) is 2.61. The maximum Gasteiger partial charge on any atom is 0.255 e. The average molecular weight is 289 g/mol. The van der Waals surface area contributed by atoms with Crippen molar-refractivity contribution in [2.24, 2.45) is 0 Å². The number of aromatic nitrogens is 1. The van der Waals surface area contributed by atoms with Crippen molar-refractivity contribution in [1.29, 1.82) is 0 Å². The van der Waals surface area contributed by atoms with Gasteiger partial charge in [-0.15, -0.1) is 0 Å². The summed E-state index contributed by atoms with van der Waals surface area (Å²) in [7, 11) is 1.39. The molecule has 1 amide bonds. The molecule has 1 aromatic carbocycles. The largest absolute Gasteiger partial charge is 0.494 e. The number of methoxy groups -OCH3 is 1. The summed E-state index contributed by atoms with van der Waals surface area (Å²) in [4.78, 5) is 16.0. The fraction of sp³-hybridized carbons (Fsp3) is 0.200. The van der Waals surface area contributed by atoms with Crippen molar-refractivity contribution < 1.29 is 13.9 Å². The number of nitrogens with two attached hydrogens (primary N) is 1. The number of aryl methyl sites for hydroxylation is 1. The third-order valence-electron chi connectivity index (χ3n) is 3.01. The van der Waals surface area contributed by atoms with Crippen LogP contribution < -0.4 is 15.8 Å². The molecule has 3 N–H and O–H groups in total. The molecular weight excluding hydrogens is 273 g/mol. The zero-order chi connectivity index (χ0) is 15.4. The van der Waals surface area contributed by atoms with Crippen LogP contribution in [0.4, 0.5) is 10.2 Å². The summed E-state index contributed by atoms with van der Waals surface area (Å²) < 4.78 is 18.8. The molecule has 0 aliphatic heterocycles. The predicted molar refractivity (Wildman–Crippen MR) is 77.5 cm³/mol. The summed E-state index contributed by atoms with van der Waals surface area (Å²) in [6.07, 6.45) is 0. The minimum Gasteiger partial charge on any atom is -0.494 e. The Morgan fingerprint density at radius 3 is 2.81 bits per heavy atom. The summed E-state index contributed by atoms with van der Waals surface area (Å²) in [5.41, 5.74) is 7.03. The first-order valence-electron chi connectivity index (χ1n) is 6.35. The van der Waals surface area contributed by atoms with E-state index in [1.165, 1.54) is 13.2 Å². The van der Waals surface area contributed by atoms with E-state index in [0.29, 0.717) is 5.56 Å². The summed E-state index contributed by atoms with van der Waals surface area (Å²) >= 11 is 0. The van der Waals surface area contributed by atoms with E-state index in [1.807, 2.05) is 0 Å². The number of nitrogen functional groups attached to an aromatic ring is 1. The van der Waals surface area contributed by atoms with Crippen molar-refractivity contribution >= 4 is 11.7 Å². The average Bonchev–Trinajstić information content (AvgIpc) is 2.46.